The average Bonchev–Trinajstić information content (AvgIpc) is 2.10. The summed E-state index contributed by atoms with van der Waals surface area (Å²) in [6, 6.07) is 0. The molecule has 0 aliphatic rings. The van der Waals surface area contributed by atoms with Crippen molar-refractivity contribution in [2.45, 2.75) is 26.3 Å². The number of nitrogens with one attached hydrogen (secondary N) is 1. The third-order valence-electron chi connectivity index (χ3n) is 2.04. The van der Waals surface area contributed by atoms with Crippen LogP contribution in [0.1, 0.15) is 20.8 Å². The van der Waals surface area contributed by atoms with Gasteiger partial charge in [0.1, 0.15) is 0 Å². The van der Waals surface area contributed by atoms with Crippen LogP contribution in [0.2, 0.25) is 0 Å². The highest BCUT2D eigenvalue weighted by Crippen LogP contribution is 2.01. The van der Waals surface area contributed by atoms with Gasteiger partial charge in [-0.3, -0.25) is 0 Å². The van der Waals surface area contributed by atoms with Crippen LogP contribution in [0.15, 0.2) is 12.2 Å². The van der Waals surface area contributed by atoms with E-state index in [0.29, 0.717) is 0 Å². The summed E-state index contributed by atoms with van der Waals surface area (Å²) in [6.45, 7) is 13.7. The predicted octanol–water partition coefficient (Wildman–Crippen LogP) is 2.23. The van der Waals surface area contributed by atoms with Gasteiger partial charge >= 0.3 is 0 Å². The minimum Gasteiger partial charge on any atom is -0.308 e. The van der Waals surface area contributed by atoms with E-state index in [0.717, 1.165) is 19.6 Å². The third-order valence-corrected chi connectivity index (χ3v) is 2.63. The molecule has 0 heterocycles. The van der Waals surface area contributed by atoms with Gasteiger partial charge in [0.25, 0.3) is 0 Å². The van der Waals surface area contributed by atoms with E-state index in [-0.39, 0.29) is 5.54 Å². The Kier molecular flexibility index (Phi) is 7.32. The van der Waals surface area contributed by atoms with Gasteiger partial charge in [-0.25, -0.2) is 0 Å². The van der Waals surface area contributed by atoms with Gasteiger partial charge in [-0.05, 0) is 39.6 Å². The van der Waals surface area contributed by atoms with E-state index in [4.69, 9.17) is 0 Å². The maximum absolute atomic E-state index is 4.09. The lowest BCUT2D eigenvalue weighted by atomic mass is 10.1. The molecule has 0 bridgehead atoms. The summed E-state index contributed by atoms with van der Waals surface area (Å²) in [5.41, 5.74) is 1.44. The van der Waals surface area contributed by atoms with Gasteiger partial charge in [0, 0.05) is 30.9 Å². The van der Waals surface area contributed by atoms with Crippen molar-refractivity contribution in [3.8, 4) is 0 Å². The van der Waals surface area contributed by atoms with E-state index in [1.807, 2.05) is 11.8 Å². The highest BCUT2D eigenvalue weighted by atomic mass is 32.2. The molecule has 0 amide bonds. The van der Waals surface area contributed by atoms with Gasteiger partial charge in [-0.1, -0.05) is 6.58 Å². The van der Waals surface area contributed by atoms with E-state index in [9.17, 15) is 0 Å². The summed E-state index contributed by atoms with van der Waals surface area (Å²) in [5, 5.41) is 3.45. The Morgan fingerprint density at radius 1 is 1.40 bits per heavy atom. The normalized spacial score (nSPS) is 12.1. The maximum atomic E-state index is 4.09. The van der Waals surface area contributed by atoms with Crippen LogP contribution in [-0.4, -0.2) is 49.1 Å². The topological polar surface area (TPSA) is 15.3 Å². The zero-order chi connectivity index (χ0) is 11.9. The van der Waals surface area contributed by atoms with Gasteiger partial charge < -0.3 is 10.2 Å². The number of hydrogen-bond acceptors (Lipinski definition) is 3. The van der Waals surface area contributed by atoms with Crippen LogP contribution < -0.4 is 5.32 Å². The molecule has 0 aromatic heterocycles. The predicted molar refractivity (Wildman–Crippen MR) is 72.8 cm³/mol. The standard InChI is InChI=1S/C12H26N2S/c1-11(9-13-12(2,3)4)10-14(5)7-8-15-6/h13H,1,7-10H2,2-6H3. The lowest BCUT2D eigenvalue weighted by Crippen LogP contribution is -2.38. The van der Waals surface area contributed by atoms with Gasteiger partial charge in [0.05, 0.1) is 0 Å². The minimum absolute atomic E-state index is 0.181. The molecule has 90 valence electrons. The Balaban J connectivity index is 3.64. The van der Waals surface area contributed by atoms with Crippen LogP contribution in [0.3, 0.4) is 0 Å². The summed E-state index contributed by atoms with van der Waals surface area (Å²) in [4.78, 5) is 2.32. The highest BCUT2D eigenvalue weighted by Gasteiger charge is 2.09. The number of rotatable bonds is 7. The number of hydrogen-bond donors (Lipinski definition) is 1. The summed E-state index contributed by atoms with van der Waals surface area (Å²) < 4.78 is 0. The van der Waals surface area contributed by atoms with Crippen LogP contribution in [0.4, 0.5) is 0 Å². The molecule has 0 aliphatic carbocycles. The van der Waals surface area contributed by atoms with E-state index in [1.165, 1.54) is 11.3 Å². The fourth-order valence-corrected chi connectivity index (χ4v) is 1.65. The van der Waals surface area contributed by atoms with Crippen molar-refractivity contribution >= 4 is 11.8 Å². The Hall–Kier alpha value is 0.0100. The van der Waals surface area contributed by atoms with Gasteiger partial charge in [-0.15, -0.1) is 0 Å². The van der Waals surface area contributed by atoms with Gasteiger partial charge in [0.15, 0.2) is 0 Å². The van der Waals surface area contributed by atoms with Crippen LogP contribution in [-0.2, 0) is 0 Å². The summed E-state index contributed by atoms with van der Waals surface area (Å²) in [7, 11) is 2.15. The molecular formula is C12H26N2S. The first-order chi connectivity index (χ1) is 6.85. The molecule has 0 saturated heterocycles. The second-order valence-corrected chi connectivity index (χ2v) is 6.07. The van der Waals surface area contributed by atoms with Crippen LogP contribution >= 0.6 is 11.8 Å². The first kappa shape index (κ1) is 15.0. The van der Waals surface area contributed by atoms with E-state index >= 15 is 0 Å². The quantitative estimate of drug-likeness (QED) is 0.675. The molecule has 0 saturated carbocycles. The molecule has 15 heavy (non-hydrogen) atoms. The fourth-order valence-electron chi connectivity index (χ4n) is 1.15. The molecule has 0 fully saturated rings. The SMILES string of the molecule is C=C(CNC(C)(C)C)CN(C)CCSC. The molecule has 2 nitrogen and oxygen atoms in total. The molecule has 3 heteroatoms. The van der Waals surface area contributed by atoms with Crippen molar-refractivity contribution in [1.82, 2.24) is 10.2 Å². The summed E-state index contributed by atoms with van der Waals surface area (Å²) >= 11 is 1.89. The third kappa shape index (κ3) is 10.3. The Morgan fingerprint density at radius 2 is 2.00 bits per heavy atom. The van der Waals surface area contributed by atoms with Crippen molar-refractivity contribution in [3.05, 3.63) is 12.2 Å². The Labute approximate surface area is 99.5 Å². The molecular weight excluding hydrogens is 204 g/mol. The van der Waals surface area contributed by atoms with E-state index < -0.39 is 0 Å². The van der Waals surface area contributed by atoms with Crippen molar-refractivity contribution in [1.29, 1.82) is 0 Å². The highest BCUT2D eigenvalue weighted by molar-refractivity contribution is 7.98. The number of thioether (sulfide) groups is 1. The number of nitrogens with zero attached hydrogens (tertiary/aromatic N) is 1. The van der Waals surface area contributed by atoms with Gasteiger partial charge in [0.2, 0.25) is 0 Å². The number of likely N-dealkylation sites (N-methyl/N-ethyl adjacent to an activating group) is 1. The molecule has 0 rings (SSSR count). The van der Waals surface area contributed by atoms with Crippen LogP contribution in [0.25, 0.3) is 0 Å². The maximum Gasteiger partial charge on any atom is 0.0200 e. The average molecular weight is 230 g/mol. The van der Waals surface area contributed by atoms with Gasteiger partial charge in [-0.2, -0.15) is 11.8 Å². The van der Waals surface area contributed by atoms with Crippen LogP contribution in [0.5, 0.6) is 0 Å². The smallest absolute Gasteiger partial charge is 0.0200 e. The van der Waals surface area contributed by atoms with Crippen LogP contribution in [0, 0.1) is 0 Å². The molecule has 0 atom stereocenters. The molecule has 0 radical (unpaired) electrons. The molecule has 0 spiro atoms. The van der Waals surface area contributed by atoms with Crippen molar-refractivity contribution in [3.63, 3.8) is 0 Å². The van der Waals surface area contributed by atoms with Crippen molar-refractivity contribution < 1.29 is 0 Å². The summed E-state index contributed by atoms with van der Waals surface area (Å²) in [5.74, 6) is 1.19. The molecule has 0 aromatic rings. The molecule has 0 aliphatic heterocycles. The second-order valence-electron chi connectivity index (χ2n) is 5.08. The zero-order valence-corrected chi connectivity index (χ0v) is 11.7. The second kappa shape index (κ2) is 7.31. The Bertz CT molecular complexity index is 185. The fraction of sp³-hybridized carbons (Fsp3) is 0.833. The monoisotopic (exact) mass is 230 g/mol. The van der Waals surface area contributed by atoms with E-state index in [1.54, 1.807) is 0 Å². The minimum atomic E-state index is 0.181. The molecule has 1 N–H and O–H groups in total. The zero-order valence-electron chi connectivity index (χ0n) is 10.9. The molecule has 0 aromatic carbocycles. The van der Waals surface area contributed by atoms with E-state index in [2.05, 4.69) is 50.9 Å². The lowest BCUT2D eigenvalue weighted by molar-refractivity contribution is 0.373. The first-order valence-corrected chi connectivity index (χ1v) is 6.83. The summed E-state index contributed by atoms with van der Waals surface area (Å²) in [6.07, 6.45) is 2.14. The van der Waals surface area contributed by atoms with Crippen molar-refractivity contribution in [2.24, 2.45) is 0 Å². The lowest BCUT2D eigenvalue weighted by Gasteiger charge is -2.23. The first-order valence-electron chi connectivity index (χ1n) is 5.44. The Morgan fingerprint density at radius 3 is 2.47 bits per heavy atom. The largest absolute Gasteiger partial charge is 0.308 e. The molecule has 0 unspecified atom stereocenters. The van der Waals surface area contributed by atoms with Crippen molar-refractivity contribution in [2.75, 3.05) is 38.7 Å².